The van der Waals surface area contributed by atoms with Gasteiger partial charge in [-0.3, -0.25) is 4.79 Å². The van der Waals surface area contributed by atoms with E-state index in [2.05, 4.69) is 76.9 Å². The number of rotatable bonds is 5. The average Bonchev–Trinajstić information content (AvgIpc) is 3.16. The first-order valence-corrected chi connectivity index (χ1v) is 11.2. The quantitative estimate of drug-likeness (QED) is 0.608. The lowest BCUT2D eigenvalue weighted by molar-refractivity contribution is 0.0952. The molecule has 0 bridgehead atoms. The van der Waals surface area contributed by atoms with E-state index in [1.54, 1.807) is 5.57 Å². The molecule has 3 aromatic rings. The summed E-state index contributed by atoms with van der Waals surface area (Å²) in [6, 6.07) is 29.7. The normalized spacial score (nSPS) is 18.5. The van der Waals surface area contributed by atoms with Crippen molar-refractivity contribution in [3.05, 3.63) is 113 Å². The Morgan fingerprint density at radius 1 is 0.806 bits per heavy atom. The molecule has 2 aliphatic heterocycles. The molecule has 0 aliphatic carbocycles. The third kappa shape index (κ3) is 4.19. The number of carbonyl (C=O) groups excluding carboxylic acids is 1. The number of carbonyl (C=O) groups is 1. The summed E-state index contributed by atoms with van der Waals surface area (Å²) in [5.74, 6) is 0.0693. The van der Waals surface area contributed by atoms with Gasteiger partial charge in [-0.15, -0.1) is 0 Å². The minimum atomic E-state index is 0.0693. The summed E-state index contributed by atoms with van der Waals surface area (Å²) in [4.78, 5) is 14.7. The van der Waals surface area contributed by atoms with Crippen LogP contribution in [0.15, 0.2) is 90.5 Å². The third-order valence-electron chi connectivity index (χ3n) is 6.56. The molecule has 3 aromatic carbocycles. The summed E-state index contributed by atoms with van der Waals surface area (Å²) in [5, 5.41) is 3.15. The van der Waals surface area contributed by atoms with Crippen molar-refractivity contribution in [2.45, 2.75) is 25.3 Å². The van der Waals surface area contributed by atoms with Crippen molar-refractivity contribution in [2.75, 3.05) is 19.6 Å². The summed E-state index contributed by atoms with van der Waals surface area (Å²) >= 11 is 0. The number of amides is 1. The zero-order valence-corrected chi connectivity index (χ0v) is 17.8. The van der Waals surface area contributed by atoms with E-state index in [9.17, 15) is 4.79 Å². The minimum absolute atomic E-state index is 0.0693. The summed E-state index contributed by atoms with van der Waals surface area (Å²) < 4.78 is 0. The largest absolute Gasteiger partial charge is 0.345 e. The van der Waals surface area contributed by atoms with Crippen LogP contribution in [0.1, 0.15) is 52.4 Å². The highest BCUT2D eigenvalue weighted by atomic mass is 16.2. The van der Waals surface area contributed by atoms with Crippen LogP contribution in [0.25, 0.3) is 5.57 Å². The van der Waals surface area contributed by atoms with Gasteiger partial charge in [-0.05, 0) is 47.6 Å². The van der Waals surface area contributed by atoms with Crippen LogP contribution in [0, 0.1) is 0 Å². The number of fused-ring (bicyclic) bond motifs is 1. The van der Waals surface area contributed by atoms with Crippen LogP contribution in [0.2, 0.25) is 0 Å². The number of likely N-dealkylation sites (tertiary alicyclic amines) is 1. The van der Waals surface area contributed by atoms with Crippen LogP contribution >= 0.6 is 0 Å². The molecule has 1 amide bonds. The van der Waals surface area contributed by atoms with E-state index in [0.717, 1.165) is 50.0 Å². The van der Waals surface area contributed by atoms with Gasteiger partial charge in [0.2, 0.25) is 0 Å². The zero-order chi connectivity index (χ0) is 21.0. The molecule has 1 saturated heterocycles. The van der Waals surface area contributed by atoms with Gasteiger partial charge in [0.05, 0.1) is 6.04 Å². The monoisotopic (exact) mass is 408 g/mol. The molecule has 2 aliphatic rings. The van der Waals surface area contributed by atoms with E-state index < -0.39 is 0 Å². The van der Waals surface area contributed by atoms with Gasteiger partial charge in [0.25, 0.3) is 5.91 Å². The summed E-state index contributed by atoms with van der Waals surface area (Å²) in [5.41, 5.74) is 7.56. The van der Waals surface area contributed by atoms with Crippen LogP contribution in [-0.2, 0) is 0 Å². The lowest BCUT2D eigenvalue weighted by Crippen LogP contribution is -2.33. The summed E-state index contributed by atoms with van der Waals surface area (Å²) in [6.07, 6.45) is 3.14. The highest BCUT2D eigenvalue weighted by molar-refractivity contribution is 5.99. The maximum absolute atomic E-state index is 12.2. The smallest absolute Gasteiger partial charge is 0.252 e. The van der Waals surface area contributed by atoms with Crippen LogP contribution in [0.4, 0.5) is 0 Å². The molecule has 0 radical (unpaired) electrons. The first kappa shape index (κ1) is 19.8. The van der Waals surface area contributed by atoms with E-state index in [4.69, 9.17) is 0 Å². The van der Waals surface area contributed by atoms with Gasteiger partial charge in [0.15, 0.2) is 0 Å². The number of hydrogen-bond donors (Lipinski definition) is 1. The molecule has 31 heavy (non-hydrogen) atoms. The molecule has 3 nitrogen and oxygen atoms in total. The minimum Gasteiger partial charge on any atom is -0.345 e. The molecular weight excluding hydrogens is 380 g/mol. The Balaban J connectivity index is 1.28. The molecule has 1 atom stereocenters. The standard InChI is InChI=1S/C28H28N2O/c31-28-25-14-8-7-13-24(25)26(29-28)17-20-30-18-15-23(16-19-30)27(21-9-3-1-4-10-21)22-11-5-2-6-12-22/h1-14,26H,15-20H2,(H,29,31). The van der Waals surface area contributed by atoms with E-state index in [-0.39, 0.29) is 11.9 Å². The predicted octanol–water partition coefficient (Wildman–Crippen LogP) is 5.46. The van der Waals surface area contributed by atoms with Crippen molar-refractivity contribution in [3.8, 4) is 0 Å². The number of piperidine rings is 1. The van der Waals surface area contributed by atoms with Gasteiger partial charge in [-0.25, -0.2) is 0 Å². The Hall–Kier alpha value is -3.17. The van der Waals surface area contributed by atoms with E-state index in [1.165, 1.54) is 16.7 Å². The van der Waals surface area contributed by atoms with Gasteiger partial charge in [-0.1, -0.05) is 84.4 Å². The molecule has 1 N–H and O–H groups in total. The van der Waals surface area contributed by atoms with E-state index in [1.807, 2.05) is 18.2 Å². The molecule has 5 rings (SSSR count). The Morgan fingerprint density at radius 2 is 1.39 bits per heavy atom. The highest BCUT2D eigenvalue weighted by Gasteiger charge is 2.28. The van der Waals surface area contributed by atoms with Gasteiger partial charge in [0.1, 0.15) is 0 Å². The maximum atomic E-state index is 12.2. The fourth-order valence-electron chi connectivity index (χ4n) is 4.94. The molecule has 1 unspecified atom stereocenters. The first-order valence-electron chi connectivity index (χ1n) is 11.2. The second kappa shape index (κ2) is 8.91. The fourth-order valence-corrected chi connectivity index (χ4v) is 4.94. The Morgan fingerprint density at radius 3 is 2.03 bits per heavy atom. The van der Waals surface area contributed by atoms with E-state index in [0.29, 0.717) is 0 Å². The molecule has 2 heterocycles. The number of nitrogens with one attached hydrogen (secondary N) is 1. The fraction of sp³-hybridized carbons (Fsp3) is 0.250. The van der Waals surface area contributed by atoms with Gasteiger partial charge in [0, 0.05) is 25.2 Å². The predicted molar refractivity (Wildman–Crippen MR) is 126 cm³/mol. The van der Waals surface area contributed by atoms with Crippen molar-refractivity contribution in [2.24, 2.45) is 0 Å². The number of nitrogens with zero attached hydrogens (tertiary/aromatic N) is 1. The second-order valence-corrected chi connectivity index (χ2v) is 8.45. The second-order valence-electron chi connectivity index (χ2n) is 8.45. The third-order valence-corrected chi connectivity index (χ3v) is 6.56. The molecule has 1 fully saturated rings. The zero-order valence-electron chi connectivity index (χ0n) is 17.8. The van der Waals surface area contributed by atoms with Crippen LogP contribution in [0.5, 0.6) is 0 Å². The maximum Gasteiger partial charge on any atom is 0.252 e. The van der Waals surface area contributed by atoms with Gasteiger partial charge in [-0.2, -0.15) is 0 Å². The van der Waals surface area contributed by atoms with Crippen LogP contribution < -0.4 is 5.32 Å². The molecule has 3 heteroatoms. The van der Waals surface area contributed by atoms with Crippen LogP contribution in [-0.4, -0.2) is 30.4 Å². The van der Waals surface area contributed by atoms with E-state index >= 15 is 0 Å². The molecule has 0 spiro atoms. The summed E-state index contributed by atoms with van der Waals surface area (Å²) in [7, 11) is 0. The highest BCUT2D eigenvalue weighted by Crippen LogP contribution is 2.33. The Labute approximate surface area is 184 Å². The summed E-state index contributed by atoms with van der Waals surface area (Å²) in [6.45, 7) is 3.15. The van der Waals surface area contributed by atoms with Crippen molar-refractivity contribution >= 4 is 11.5 Å². The van der Waals surface area contributed by atoms with Gasteiger partial charge >= 0.3 is 0 Å². The van der Waals surface area contributed by atoms with Gasteiger partial charge < -0.3 is 10.2 Å². The lowest BCUT2D eigenvalue weighted by Gasteiger charge is -2.31. The molecule has 0 saturated carbocycles. The molecule has 0 aromatic heterocycles. The van der Waals surface area contributed by atoms with Crippen molar-refractivity contribution < 1.29 is 4.79 Å². The molecule has 156 valence electrons. The Bertz CT molecular complexity index is 1040. The number of hydrogen-bond acceptors (Lipinski definition) is 2. The first-order chi connectivity index (χ1) is 15.3. The van der Waals surface area contributed by atoms with Crippen molar-refractivity contribution in [3.63, 3.8) is 0 Å². The van der Waals surface area contributed by atoms with Crippen LogP contribution in [0.3, 0.4) is 0 Å². The molecular formula is C28H28N2O. The van der Waals surface area contributed by atoms with Crippen molar-refractivity contribution in [1.82, 2.24) is 10.2 Å². The number of benzene rings is 3. The average molecular weight is 409 g/mol. The van der Waals surface area contributed by atoms with Crippen molar-refractivity contribution in [1.29, 1.82) is 0 Å². The topological polar surface area (TPSA) is 32.3 Å². The Kier molecular flexibility index (Phi) is 5.68. The lowest BCUT2D eigenvalue weighted by atomic mass is 9.88. The SMILES string of the molecule is O=C1NC(CCN2CCC(=C(c3ccccc3)c3ccccc3)CC2)c2ccccc21.